The van der Waals surface area contributed by atoms with Gasteiger partial charge in [-0.3, -0.25) is 14.1 Å². The summed E-state index contributed by atoms with van der Waals surface area (Å²) in [7, 11) is -3.76. The lowest BCUT2D eigenvalue weighted by atomic mass is 10.2. The molecule has 8 heteroatoms. The maximum absolute atomic E-state index is 13.0. The molecule has 1 aromatic heterocycles. The van der Waals surface area contributed by atoms with E-state index in [0.29, 0.717) is 28.1 Å². The molecule has 0 aliphatic heterocycles. The van der Waals surface area contributed by atoms with Crippen molar-refractivity contribution in [2.75, 3.05) is 4.72 Å². The topological polar surface area (TPSA) is 81.1 Å². The SMILES string of the molecule is Cc1nc2ccccc2c(=O)n1-c1cccc(NS(=O)(=O)c2ccc(Br)cc2)c1. The van der Waals surface area contributed by atoms with Gasteiger partial charge in [0.05, 0.1) is 27.2 Å². The van der Waals surface area contributed by atoms with Crippen molar-refractivity contribution < 1.29 is 8.42 Å². The molecular weight excluding hydrogens is 454 g/mol. The molecule has 0 aliphatic rings. The van der Waals surface area contributed by atoms with E-state index in [4.69, 9.17) is 0 Å². The highest BCUT2D eigenvalue weighted by atomic mass is 79.9. The van der Waals surface area contributed by atoms with Gasteiger partial charge in [-0.15, -0.1) is 0 Å². The Morgan fingerprint density at radius 3 is 2.45 bits per heavy atom. The molecule has 0 saturated heterocycles. The molecule has 6 nitrogen and oxygen atoms in total. The maximum atomic E-state index is 13.0. The first-order valence-electron chi connectivity index (χ1n) is 8.72. The molecule has 3 aromatic carbocycles. The maximum Gasteiger partial charge on any atom is 0.265 e. The van der Waals surface area contributed by atoms with E-state index < -0.39 is 10.0 Å². The summed E-state index contributed by atoms with van der Waals surface area (Å²) in [5.41, 5.74) is 1.30. The molecule has 0 aliphatic carbocycles. The largest absolute Gasteiger partial charge is 0.280 e. The van der Waals surface area contributed by atoms with E-state index in [9.17, 15) is 13.2 Å². The summed E-state index contributed by atoms with van der Waals surface area (Å²) >= 11 is 3.29. The second-order valence-corrected chi connectivity index (χ2v) is 9.02. The van der Waals surface area contributed by atoms with Crippen LogP contribution in [0.2, 0.25) is 0 Å². The fourth-order valence-corrected chi connectivity index (χ4v) is 4.40. The molecule has 146 valence electrons. The minimum Gasteiger partial charge on any atom is -0.280 e. The van der Waals surface area contributed by atoms with Crippen molar-refractivity contribution in [1.82, 2.24) is 9.55 Å². The molecule has 0 saturated carbocycles. The van der Waals surface area contributed by atoms with Crippen molar-refractivity contribution in [3.63, 3.8) is 0 Å². The van der Waals surface area contributed by atoms with Crippen LogP contribution in [0.15, 0.2) is 87.0 Å². The molecular formula is C21H16BrN3O3S. The third-order valence-corrected chi connectivity index (χ3v) is 6.35. The smallest absolute Gasteiger partial charge is 0.265 e. The fraction of sp³-hybridized carbons (Fsp3) is 0.0476. The third-order valence-electron chi connectivity index (χ3n) is 4.42. The first kappa shape index (κ1) is 19.4. The molecule has 0 amide bonds. The number of hydrogen-bond acceptors (Lipinski definition) is 4. The van der Waals surface area contributed by atoms with Gasteiger partial charge in [0.2, 0.25) is 0 Å². The number of anilines is 1. The Morgan fingerprint density at radius 2 is 1.69 bits per heavy atom. The summed E-state index contributed by atoms with van der Waals surface area (Å²) in [5, 5.41) is 0.499. The van der Waals surface area contributed by atoms with Crippen LogP contribution in [0.3, 0.4) is 0 Å². The number of fused-ring (bicyclic) bond motifs is 1. The van der Waals surface area contributed by atoms with Crippen LogP contribution in [0, 0.1) is 6.92 Å². The number of para-hydroxylation sites is 1. The second-order valence-electron chi connectivity index (χ2n) is 6.43. The van der Waals surface area contributed by atoms with Gasteiger partial charge in [-0.05, 0) is 61.5 Å². The van der Waals surface area contributed by atoms with Crippen LogP contribution in [-0.4, -0.2) is 18.0 Å². The standard InChI is InChI=1S/C21H16BrN3O3S/c1-14-23-20-8-3-2-7-19(20)21(26)25(14)17-6-4-5-16(13-17)24-29(27,28)18-11-9-15(22)10-12-18/h2-13,24H,1H3. The van der Waals surface area contributed by atoms with Crippen molar-refractivity contribution >= 4 is 42.5 Å². The van der Waals surface area contributed by atoms with Crippen LogP contribution in [0.4, 0.5) is 5.69 Å². The van der Waals surface area contributed by atoms with Crippen molar-refractivity contribution in [2.45, 2.75) is 11.8 Å². The van der Waals surface area contributed by atoms with Crippen molar-refractivity contribution in [2.24, 2.45) is 0 Å². The van der Waals surface area contributed by atoms with Gasteiger partial charge in [0, 0.05) is 4.47 Å². The molecule has 0 atom stereocenters. The third kappa shape index (κ3) is 3.81. The Balaban J connectivity index is 1.76. The lowest BCUT2D eigenvalue weighted by molar-refractivity contribution is 0.601. The molecule has 4 rings (SSSR count). The lowest BCUT2D eigenvalue weighted by Crippen LogP contribution is -2.22. The van der Waals surface area contributed by atoms with Gasteiger partial charge in [0.1, 0.15) is 5.82 Å². The summed E-state index contributed by atoms with van der Waals surface area (Å²) in [4.78, 5) is 17.6. The minimum atomic E-state index is -3.76. The number of nitrogens with zero attached hydrogens (tertiary/aromatic N) is 2. The molecule has 0 unspecified atom stereocenters. The Bertz CT molecular complexity index is 1380. The van der Waals surface area contributed by atoms with E-state index in [2.05, 4.69) is 25.6 Å². The molecule has 1 heterocycles. The predicted octanol–water partition coefficient (Wildman–Crippen LogP) is 4.26. The highest BCUT2D eigenvalue weighted by Gasteiger charge is 2.15. The second kappa shape index (κ2) is 7.46. The van der Waals surface area contributed by atoms with Crippen molar-refractivity contribution in [3.8, 4) is 5.69 Å². The van der Waals surface area contributed by atoms with Crippen LogP contribution in [-0.2, 0) is 10.0 Å². The zero-order valence-electron chi connectivity index (χ0n) is 15.3. The van der Waals surface area contributed by atoms with Gasteiger partial charge >= 0.3 is 0 Å². The molecule has 0 fully saturated rings. The van der Waals surface area contributed by atoms with E-state index in [1.54, 1.807) is 61.5 Å². The summed E-state index contributed by atoms with van der Waals surface area (Å²) in [5.74, 6) is 0.515. The molecule has 29 heavy (non-hydrogen) atoms. The van der Waals surface area contributed by atoms with Crippen LogP contribution < -0.4 is 10.3 Å². The highest BCUT2D eigenvalue weighted by molar-refractivity contribution is 9.10. The minimum absolute atomic E-state index is 0.145. The Morgan fingerprint density at radius 1 is 0.966 bits per heavy atom. The van der Waals surface area contributed by atoms with E-state index >= 15 is 0 Å². The number of hydrogen-bond donors (Lipinski definition) is 1. The van der Waals surface area contributed by atoms with Gasteiger partial charge in [-0.1, -0.05) is 34.1 Å². The quantitative estimate of drug-likeness (QED) is 0.484. The number of aromatic nitrogens is 2. The molecule has 0 radical (unpaired) electrons. The normalized spacial score (nSPS) is 11.5. The molecule has 1 N–H and O–H groups in total. The van der Waals surface area contributed by atoms with E-state index in [1.807, 2.05) is 6.07 Å². The summed E-state index contributed by atoms with van der Waals surface area (Å²) < 4.78 is 30.1. The average Bonchev–Trinajstić information content (AvgIpc) is 2.68. The van der Waals surface area contributed by atoms with E-state index in [-0.39, 0.29) is 10.5 Å². The van der Waals surface area contributed by atoms with Gasteiger partial charge in [-0.25, -0.2) is 13.4 Å². The van der Waals surface area contributed by atoms with Gasteiger partial charge in [0.15, 0.2) is 0 Å². The Kier molecular flexibility index (Phi) is 4.97. The highest BCUT2D eigenvalue weighted by Crippen LogP contribution is 2.21. The Labute approximate surface area is 176 Å². The number of nitrogens with one attached hydrogen (secondary N) is 1. The zero-order chi connectivity index (χ0) is 20.6. The van der Waals surface area contributed by atoms with Crippen LogP contribution in [0.25, 0.3) is 16.6 Å². The van der Waals surface area contributed by atoms with Crippen LogP contribution in [0.1, 0.15) is 5.82 Å². The molecule has 4 aromatic rings. The van der Waals surface area contributed by atoms with Crippen molar-refractivity contribution in [1.29, 1.82) is 0 Å². The van der Waals surface area contributed by atoms with Crippen LogP contribution in [0.5, 0.6) is 0 Å². The summed E-state index contributed by atoms with van der Waals surface area (Å²) in [6.45, 7) is 1.74. The summed E-state index contributed by atoms with van der Waals surface area (Å²) in [6.07, 6.45) is 0. The van der Waals surface area contributed by atoms with Gasteiger partial charge < -0.3 is 0 Å². The monoisotopic (exact) mass is 469 g/mol. The summed E-state index contributed by atoms with van der Waals surface area (Å²) in [6, 6.07) is 20.1. The zero-order valence-corrected chi connectivity index (χ0v) is 17.7. The van der Waals surface area contributed by atoms with Gasteiger partial charge in [-0.2, -0.15) is 0 Å². The number of rotatable bonds is 4. The number of benzene rings is 3. The first-order chi connectivity index (χ1) is 13.8. The lowest BCUT2D eigenvalue weighted by Gasteiger charge is -2.13. The van der Waals surface area contributed by atoms with E-state index in [1.165, 1.54) is 16.7 Å². The first-order valence-corrected chi connectivity index (χ1v) is 11.0. The Hall–Kier alpha value is -2.97. The van der Waals surface area contributed by atoms with Gasteiger partial charge in [0.25, 0.3) is 15.6 Å². The fourth-order valence-electron chi connectivity index (χ4n) is 3.08. The van der Waals surface area contributed by atoms with Crippen LogP contribution >= 0.6 is 15.9 Å². The number of halogens is 1. The number of aryl methyl sites for hydroxylation is 1. The molecule has 0 spiro atoms. The van der Waals surface area contributed by atoms with E-state index in [0.717, 1.165) is 4.47 Å². The predicted molar refractivity (Wildman–Crippen MR) is 117 cm³/mol. The average molecular weight is 470 g/mol. The molecule has 0 bridgehead atoms. The van der Waals surface area contributed by atoms with Crippen molar-refractivity contribution in [3.05, 3.63) is 93.4 Å². The number of sulfonamides is 1.